The van der Waals surface area contributed by atoms with E-state index >= 15 is 0 Å². The van der Waals surface area contributed by atoms with E-state index in [1.54, 1.807) is 0 Å². The van der Waals surface area contributed by atoms with Crippen molar-refractivity contribution < 1.29 is 14.1 Å². The van der Waals surface area contributed by atoms with Crippen molar-refractivity contribution in [3.05, 3.63) is 0 Å². The molecule has 0 aliphatic carbocycles. The molecule has 0 aromatic heterocycles. The Hall–Kier alpha value is -0.840. The first-order valence-electron chi connectivity index (χ1n) is 1.09. The van der Waals surface area contributed by atoms with Crippen molar-refractivity contribution in [1.82, 2.24) is 5.70 Å². The van der Waals surface area contributed by atoms with Crippen LogP contribution in [-0.4, -0.2) is 6.09 Å². The van der Waals surface area contributed by atoms with Crippen molar-refractivity contribution >= 4 is 6.09 Å². The predicted octanol–water partition coefficient (Wildman–Crippen LogP) is -0.529. The number of carbonyl (C=O) groups excluding carboxylic acids is 1. The number of nitrogens with one attached hydrogen (secondary N) is 1. The maximum Gasteiger partial charge on any atom is 0.425 e. The highest BCUT2D eigenvalue weighted by Crippen LogP contribution is 1.59. The number of hydrogen-bond acceptors (Lipinski definition) is 3. The minimum Gasteiger partial charge on any atom is -0.333 e. The van der Waals surface area contributed by atoms with Crippen LogP contribution in [0.5, 0.6) is 0 Å². The number of carbonyl (C=O) groups is 1. The normalized spacial score (nSPS) is 7.50. The molecule has 0 aromatic carbocycles. The third kappa shape index (κ3) is 3.16. The second-order valence-corrected chi connectivity index (χ2v) is 0.498. The standard InChI is InChI=1S/CH3FN2O2/c2-4-6-1(3)5/h4H,(H2,3,5). The Morgan fingerprint density at radius 3 is 2.50 bits per heavy atom. The summed E-state index contributed by atoms with van der Waals surface area (Å²) in [5, 5.41) is 0. The predicted molar refractivity (Wildman–Crippen MR) is 14.9 cm³/mol. The van der Waals surface area contributed by atoms with Crippen LogP contribution in [0, 0.1) is 0 Å². The van der Waals surface area contributed by atoms with Crippen molar-refractivity contribution in [3.63, 3.8) is 0 Å². The molecule has 3 N–H and O–H groups in total. The van der Waals surface area contributed by atoms with Crippen molar-refractivity contribution in [2.45, 2.75) is 0 Å². The van der Waals surface area contributed by atoms with Crippen LogP contribution in [-0.2, 0) is 4.84 Å². The van der Waals surface area contributed by atoms with Crippen molar-refractivity contribution in [3.8, 4) is 0 Å². The molecule has 6 heavy (non-hydrogen) atoms. The van der Waals surface area contributed by atoms with Crippen molar-refractivity contribution in [2.24, 2.45) is 5.73 Å². The topological polar surface area (TPSA) is 64.4 Å². The van der Waals surface area contributed by atoms with Gasteiger partial charge < -0.3 is 10.6 Å². The Labute approximate surface area is 33.0 Å². The van der Waals surface area contributed by atoms with Gasteiger partial charge in [-0.25, -0.2) is 4.79 Å². The highest BCUT2D eigenvalue weighted by molar-refractivity contribution is 5.64. The number of nitrogens with two attached hydrogens (primary N) is 1. The SMILES string of the molecule is NC(=O)ONF. The van der Waals surface area contributed by atoms with E-state index in [2.05, 4.69) is 10.6 Å². The number of halogens is 1. The van der Waals surface area contributed by atoms with E-state index in [1.165, 1.54) is 0 Å². The fourth-order valence-corrected chi connectivity index (χ4v) is 0.0380. The molecule has 0 atom stereocenters. The van der Waals surface area contributed by atoms with Crippen LogP contribution in [0.2, 0.25) is 0 Å². The van der Waals surface area contributed by atoms with Gasteiger partial charge in [0.05, 0.1) is 0 Å². The maximum absolute atomic E-state index is 10.5. The second kappa shape index (κ2) is 2.40. The van der Waals surface area contributed by atoms with E-state index < -0.39 is 6.09 Å². The molecule has 0 aliphatic rings. The lowest BCUT2D eigenvalue weighted by molar-refractivity contribution is -0.00164. The van der Waals surface area contributed by atoms with Gasteiger partial charge in [0.25, 0.3) is 0 Å². The molecular weight excluding hydrogens is 91.0 g/mol. The van der Waals surface area contributed by atoms with E-state index in [0.29, 0.717) is 5.70 Å². The molecule has 0 aliphatic heterocycles. The third-order valence-corrected chi connectivity index (χ3v) is 0.139. The van der Waals surface area contributed by atoms with Crippen LogP contribution in [0.1, 0.15) is 0 Å². The maximum atomic E-state index is 10.5. The summed E-state index contributed by atoms with van der Waals surface area (Å²) in [5.41, 5.74) is 4.83. The minimum absolute atomic E-state index is 0.593. The lowest BCUT2D eigenvalue weighted by Gasteiger charge is -1.85. The van der Waals surface area contributed by atoms with Crippen LogP contribution in [0.4, 0.5) is 9.28 Å². The minimum atomic E-state index is -1.20. The van der Waals surface area contributed by atoms with E-state index in [9.17, 15) is 9.28 Å². The molecule has 0 rings (SSSR count). The first kappa shape index (κ1) is 5.16. The quantitative estimate of drug-likeness (QED) is 0.339. The summed E-state index contributed by atoms with van der Waals surface area (Å²) in [6.45, 7) is 0. The highest BCUT2D eigenvalue weighted by atomic mass is 19.2. The van der Waals surface area contributed by atoms with E-state index in [4.69, 9.17) is 0 Å². The monoisotopic (exact) mass is 94.0 g/mol. The van der Waals surface area contributed by atoms with Gasteiger partial charge in [0, 0.05) is 5.70 Å². The summed E-state index contributed by atoms with van der Waals surface area (Å²) in [6, 6.07) is 0. The van der Waals surface area contributed by atoms with E-state index in [1.807, 2.05) is 0 Å². The van der Waals surface area contributed by atoms with Crippen molar-refractivity contribution in [2.75, 3.05) is 0 Å². The van der Waals surface area contributed by atoms with Crippen LogP contribution in [0.3, 0.4) is 0 Å². The summed E-state index contributed by atoms with van der Waals surface area (Å²) in [6.07, 6.45) is -1.20. The highest BCUT2D eigenvalue weighted by Gasteiger charge is 1.84. The van der Waals surface area contributed by atoms with Gasteiger partial charge in [-0.05, 0) is 0 Å². The Balaban J connectivity index is 2.83. The molecular formula is CH3FN2O2. The van der Waals surface area contributed by atoms with Gasteiger partial charge in [-0.3, -0.25) is 0 Å². The summed E-state index contributed by atoms with van der Waals surface area (Å²) >= 11 is 0. The summed E-state index contributed by atoms with van der Waals surface area (Å²) in [4.78, 5) is 12.6. The molecule has 0 saturated carbocycles. The van der Waals surface area contributed by atoms with Gasteiger partial charge in [0.1, 0.15) is 0 Å². The van der Waals surface area contributed by atoms with Gasteiger partial charge >= 0.3 is 6.09 Å². The number of rotatable bonds is 1. The third-order valence-electron chi connectivity index (χ3n) is 0.139. The zero-order valence-electron chi connectivity index (χ0n) is 2.77. The van der Waals surface area contributed by atoms with E-state index in [0.717, 1.165) is 0 Å². The Morgan fingerprint density at radius 2 is 2.50 bits per heavy atom. The zero-order valence-corrected chi connectivity index (χ0v) is 2.77. The molecule has 0 saturated heterocycles. The largest absolute Gasteiger partial charge is 0.425 e. The van der Waals surface area contributed by atoms with Crippen LogP contribution in [0.25, 0.3) is 0 Å². The molecule has 0 bridgehead atoms. The smallest absolute Gasteiger partial charge is 0.333 e. The molecule has 1 amide bonds. The molecule has 0 radical (unpaired) electrons. The average Bonchev–Trinajstić information content (AvgIpc) is 1.35. The van der Waals surface area contributed by atoms with Crippen LogP contribution >= 0.6 is 0 Å². The molecule has 0 fully saturated rings. The molecule has 0 heterocycles. The molecule has 0 aromatic rings. The van der Waals surface area contributed by atoms with Gasteiger partial charge in [-0.15, -0.1) is 0 Å². The lowest BCUT2D eigenvalue weighted by Crippen LogP contribution is -2.18. The van der Waals surface area contributed by atoms with Gasteiger partial charge in [-0.2, -0.15) is 0 Å². The molecule has 4 nitrogen and oxygen atoms in total. The van der Waals surface area contributed by atoms with Gasteiger partial charge in [0.2, 0.25) is 0 Å². The van der Waals surface area contributed by atoms with Crippen LogP contribution in [0.15, 0.2) is 0 Å². The molecule has 0 unspecified atom stereocenters. The fraction of sp³-hybridized carbons (Fsp3) is 0. The fourth-order valence-electron chi connectivity index (χ4n) is 0.0380. The number of primary amides is 1. The number of hydrogen-bond donors (Lipinski definition) is 2. The summed E-state index contributed by atoms with van der Waals surface area (Å²) < 4.78 is 10.5. The molecule has 0 spiro atoms. The molecule has 36 valence electrons. The average molecular weight is 94.0 g/mol. The first-order chi connectivity index (χ1) is 2.77. The zero-order chi connectivity index (χ0) is 4.99. The number of amides is 1. The van der Waals surface area contributed by atoms with Crippen molar-refractivity contribution in [1.29, 1.82) is 0 Å². The summed E-state index contributed by atoms with van der Waals surface area (Å²) in [7, 11) is 0. The van der Waals surface area contributed by atoms with Gasteiger partial charge in [0.15, 0.2) is 0 Å². The lowest BCUT2D eigenvalue weighted by atomic mass is 11.3. The Bertz CT molecular complexity index is 55.5. The van der Waals surface area contributed by atoms with Crippen LogP contribution < -0.4 is 11.4 Å². The second-order valence-electron chi connectivity index (χ2n) is 0.498. The van der Waals surface area contributed by atoms with E-state index in [-0.39, 0.29) is 0 Å². The summed E-state index contributed by atoms with van der Waals surface area (Å²) in [5.74, 6) is 0. The van der Waals surface area contributed by atoms with Gasteiger partial charge in [-0.1, -0.05) is 4.48 Å². The Morgan fingerprint density at radius 1 is 2.00 bits per heavy atom. The molecule has 5 heteroatoms. The first-order valence-corrected chi connectivity index (χ1v) is 1.09. The Kier molecular flexibility index (Phi) is 2.06.